The summed E-state index contributed by atoms with van der Waals surface area (Å²) >= 11 is 0. The highest BCUT2D eigenvalue weighted by atomic mass is 32.2. The summed E-state index contributed by atoms with van der Waals surface area (Å²) in [5, 5.41) is 0. The molecule has 40 heavy (non-hydrogen) atoms. The predicted molar refractivity (Wildman–Crippen MR) is 159 cm³/mol. The molecule has 0 radical (unpaired) electrons. The van der Waals surface area contributed by atoms with Gasteiger partial charge < -0.3 is 4.90 Å². The zero-order valence-corrected chi connectivity index (χ0v) is 28.6. The maximum absolute atomic E-state index is 11.3. The molecule has 1 aliphatic rings. The van der Waals surface area contributed by atoms with E-state index < -0.39 is 20.0 Å². The fraction of sp³-hybridized carbons (Fsp3) is 0.846. The van der Waals surface area contributed by atoms with Crippen molar-refractivity contribution in [3.8, 4) is 0 Å². The molecule has 12 nitrogen and oxygen atoms in total. The molecule has 0 spiro atoms. The second-order valence-corrected chi connectivity index (χ2v) is 14.5. The van der Waals surface area contributed by atoms with Crippen molar-refractivity contribution in [3.05, 3.63) is 0 Å². The third-order valence-corrected chi connectivity index (χ3v) is 9.25. The molecule has 0 aromatic rings. The topological polar surface area (TPSA) is 150 Å². The molecule has 0 aromatic heterocycles. The van der Waals surface area contributed by atoms with Gasteiger partial charge in [-0.05, 0) is 61.8 Å². The highest BCUT2D eigenvalue weighted by Gasteiger charge is 2.33. The molecule has 14 heteroatoms. The van der Waals surface area contributed by atoms with Crippen LogP contribution in [0.2, 0.25) is 0 Å². The third kappa shape index (κ3) is 16.9. The molecule has 1 rings (SSSR count). The first-order valence-electron chi connectivity index (χ1n) is 13.4. The Balaban J connectivity index is -0.000000463. The molecule has 0 atom stereocenters. The van der Waals surface area contributed by atoms with E-state index in [-0.39, 0.29) is 47.5 Å². The van der Waals surface area contributed by atoms with Crippen LogP contribution < -0.4 is 0 Å². The Kier molecular flexibility index (Phi) is 20.3. The standard InChI is InChI=1S/C8H15NO2.C7H13NO3S.C6H13NO.C5H13NO2S/c1-5-8(11)9(6(2)3)7(4)10;1-6(2)8-7(9)4-3-5-12(8,10)11;1-5(2)7(4)6(3)8;1-5(2)6(3)9(4,7)8/h6H,5H2,1-4H3;6H,3-5H2,1-2H3;5H,1-4H3;5H,1-4H3. The summed E-state index contributed by atoms with van der Waals surface area (Å²) < 4.78 is 46.4. The Labute approximate surface area is 243 Å². The summed E-state index contributed by atoms with van der Waals surface area (Å²) in [7, 11) is -2.89. The Morgan fingerprint density at radius 3 is 1.45 bits per heavy atom. The number of nitrogens with zero attached hydrogens (tertiary/aromatic N) is 4. The van der Waals surface area contributed by atoms with Crippen LogP contribution >= 0.6 is 0 Å². The Bertz CT molecular complexity index is 1020. The van der Waals surface area contributed by atoms with Crippen LogP contribution in [0.5, 0.6) is 0 Å². The minimum absolute atomic E-state index is 0.0278. The van der Waals surface area contributed by atoms with Crippen LogP contribution in [0.15, 0.2) is 0 Å². The molecular weight excluding hydrogens is 560 g/mol. The van der Waals surface area contributed by atoms with E-state index >= 15 is 0 Å². The van der Waals surface area contributed by atoms with Crippen molar-refractivity contribution in [1.29, 1.82) is 0 Å². The van der Waals surface area contributed by atoms with Gasteiger partial charge in [0, 0.05) is 65.0 Å². The Morgan fingerprint density at radius 2 is 1.32 bits per heavy atom. The normalized spacial score (nSPS) is 14.6. The van der Waals surface area contributed by atoms with Crippen LogP contribution in [0.3, 0.4) is 0 Å². The SMILES string of the molecule is CC(=O)N(C)C(C)C.CC(C)N(C)S(C)(=O)=O.CC(C)N1C(=O)CCCS1(=O)=O.CCC(=O)N(C(C)=O)C(C)C. The number of imide groups is 1. The van der Waals surface area contributed by atoms with Gasteiger partial charge in [0.25, 0.3) is 0 Å². The van der Waals surface area contributed by atoms with E-state index in [2.05, 4.69) is 0 Å². The quantitative estimate of drug-likeness (QED) is 0.443. The van der Waals surface area contributed by atoms with Crippen molar-refractivity contribution in [3.63, 3.8) is 0 Å². The van der Waals surface area contributed by atoms with Crippen molar-refractivity contribution in [2.24, 2.45) is 0 Å². The molecular formula is C26H54N4O8S2. The fourth-order valence-electron chi connectivity index (χ4n) is 3.12. The van der Waals surface area contributed by atoms with Crippen molar-refractivity contribution in [2.45, 2.75) is 120 Å². The lowest BCUT2D eigenvalue weighted by Gasteiger charge is -2.29. The van der Waals surface area contributed by atoms with Gasteiger partial charge in [-0.3, -0.25) is 24.1 Å². The third-order valence-electron chi connectivity index (χ3n) is 5.76. The number of hydrogen-bond donors (Lipinski definition) is 0. The Morgan fingerprint density at radius 1 is 0.875 bits per heavy atom. The van der Waals surface area contributed by atoms with Crippen LogP contribution in [-0.4, -0.2) is 109 Å². The summed E-state index contributed by atoms with van der Waals surface area (Å²) in [5.74, 6) is -0.313. The fourth-order valence-corrected chi connectivity index (χ4v) is 5.64. The monoisotopic (exact) mass is 614 g/mol. The summed E-state index contributed by atoms with van der Waals surface area (Å²) in [6.45, 7) is 19.4. The van der Waals surface area contributed by atoms with Gasteiger partial charge >= 0.3 is 0 Å². The van der Waals surface area contributed by atoms with Crippen LogP contribution in [0.1, 0.15) is 95.4 Å². The molecule has 0 saturated carbocycles. The van der Waals surface area contributed by atoms with Gasteiger partial charge in [0.2, 0.25) is 43.7 Å². The minimum Gasteiger partial charge on any atom is -0.344 e. The van der Waals surface area contributed by atoms with E-state index in [0.29, 0.717) is 25.3 Å². The summed E-state index contributed by atoms with van der Waals surface area (Å²) in [4.78, 5) is 46.7. The molecule has 1 heterocycles. The van der Waals surface area contributed by atoms with E-state index in [9.17, 15) is 36.0 Å². The Hall–Kier alpha value is -2.06. The van der Waals surface area contributed by atoms with E-state index in [4.69, 9.17) is 0 Å². The van der Waals surface area contributed by atoms with Crippen molar-refractivity contribution in [2.75, 3.05) is 26.1 Å². The van der Waals surface area contributed by atoms with Gasteiger partial charge in [0.05, 0.1) is 12.0 Å². The lowest BCUT2D eigenvalue weighted by Crippen LogP contribution is -2.46. The molecule has 238 valence electrons. The van der Waals surface area contributed by atoms with Crippen molar-refractivity contribution >= 4 is 43.7 Å². The molecule has 0 aliphatic carbocycles. The van der Waals surface area contributed by atoms with Crippen molar-refractivity contribution in [1.82, 2.24) is 18.4 Å². The molecule has 1 fully saturated rings. The molecule has 1 aliphatic heterocycles. The lowest BCUT2D eigenvalue weighted by molar-refractivity contribution is -0.145. The predicted octanol–water partition coefficient (Wildman–Crippen LogP) is 2.69. The summed E-state index contributed by atoms with van der Waals surface area (Å²) in [6, 6.07) is 0.107. The maximum atomic E-state index is 11.3. The maximum Gasteiger partial charge on any atom is 0.237 e. The van der Waals surface area contributed by atoms with Gasteiger partial charge in [-0.1, -0.05) is 6.92 Å². The van der Waals surface area contributed by atoms with Crippen molar-refractivity contribution < 1.29 is 36.0 Å². The number of hydrogen-bond acceptors (Lipinski definition) is 8. The van der Waals surface area contributed by atoms with E-state index in [0.717, 1.165) is 4.31 Å². The van der Waals surface area contributed by atoms with E-state index in [1.54, 1.807) is 46.7 Å². The summed E-state index contributed by atoms with van der Waals surface area (Å²) in [6.07, 6.45) is 2.41. The van der Waals surface area contributed by atoms with Crippen LogP contribution in [0.25, 0.3) is 0 Å². The van der Waals surface area contributed by atoms with Gasteiger partial charge in [0.1, 0.15) is 0 Å². The average Bonchev–Trinajstić information content (AvgIpc) is 2.76. The van der Waals surface area contributed by atoms with Gasteiger partial charge in [-0.15, -0.1) is 0 Å². The van der Waals surface area contributed by atoms with Gasteiger partial charge in [-0.2, -0.15) is 0 Å². The molecule has 4 amide bonds. The smallest absolute Gasteiger partial charge is 0.237 e. The number of rotatable bonds is 6. The second kappa shape index (κ2) is 19.1. The highest BCUT2D eigenvalue weighted by Crippen LogP contribution is 2.17. The zero-order chi connectivity index (χ0) is 32.8. The van der Waals surface area contributed by atoms with E-state index in [1.165, 1.54) is 22.4 Å². The first kappa shape index (κ1) is 42.4. The van der Waals surface area contributed by atoms with Gasteiger partial charge in [-0.25, -0.2) is 25.4 Å². The van der Waals surface area contributed by atoms with Gasteiger partial charge in [0.15, 0.2) is 0 Å². The molecule has 1 saturated heterocycles. The van der Waals surface area contributed by atoms with Crippen LogP contribution in [0, 0.1) is 0 Å². The number of sulfonamides is 2. The second-order valence-electron chi connectivity index (χ2n) is 10.5. The molecule has 0 bridgehead atoms. The zero-order valence-electron chi connectivity index (χ0n) is 27.0. The lowest BCUT2D eigenvalue weighted by atomic mass is 10.3. The number of carbonyl (C=O) groups is 4. The average molecular weight is 615 g/mol. The highest BCUT2D eigenvalue weighted by molar-refractivity contribution is 7.89. The number of amides is 4. The van der Waals surface area contributed by atoms with Crippen LogP contribution in [-0.2, 0) is 39.2 Å². The molecule has 0 unspecified atom stereocenters. The van der Waals surface area contributed by atoms with Crippen LogP contribution in [0.4, 0.5) is 0 Å². The molecule has 0 aromatic carbocycles. The van der Waals surface area contributed by atoms with E-state index in [1.807, 2.05) is 41.5 Å². The molecule has 0 N–H and O–H groups in total. The minimum atomic E-state index is -3.29. The largest absolute Gasteiger partial charge is 0.344 e. The first-order valence-corrected chi connectivity index (χ1v) is 16.9. The first-order chi connectivity index (χ1) is 17.9. The number of carbonyl (C=O) groups excluding carboxylic acids is 4. The summed E-state index contributed by atoms with van der Waals surface area (Å²) in [5.41, 5.74) is 0.